The van der Waals surface area contributed by atoms with Crippen LogP contribution in [0.2, 0.25) is 0 Å². The molecule has 0 saturated heterocycles. The second-order valence-corrected chi connectivity index (χ2v) is 4.24. The van der Waals surface area contributed by atoms with Gasteiger partial charge in [-0.15, -0.1) is 0 Å². The fourth-order valence-corrected chi connectivity index (χ4v) is 2.41. The minimum Gasteiger partial charge on any atom is -0.383 e. The summed E-state index contributed by atoms with van der Waals surface area (Å²) in [7, 11) is 1.74. The van der Waals surface area contributed by atoms with Crippen LogP contribution < -0.4 is 10.6 Å². The van der Waals surface area contributed by atoms with Crippen molar-refractivity contribution in [2.24, 2.45) is 5.73 Å². The van der Waals surface area contributed by atoms with Crippen LogP contribution in [0.4, 0.5) is 5.69 Å². The molecule has 16 heavy (non-hydrogen) atoms. The number of aryl methyl sites for hydroxylation is 1. The number of fused-ring (bicyclic) bond motifs is 1. The molecule has 2 rings (SSSR count). The average molecular weight is 220 g/mol. The van der Waals surface area contributed by atoms with Crippen LogP contribution >= 0.6 is 0 Å². The molecule has 0 fully saturated rings. The first-order chi connectivity index (χ1) is 7.86. The highest BCUT2D eigenvalue weighted by molar-refractivity contribution is 5.56. The SMILES string of the molecule is COCCN1c2ccccc2CCC1CN. The number of rotatable bonds is 4. The first-order valence-electron chi connectivity index (χ1n) is 5.90. The van der Waals surface area contributed by atoms with Crippen LogP contribution in [-0.2, 0) is 11.2 Å². The molecular formula is C13H20N2O. The zero-order valence-electron chi connectivity index (χ0n) is 9.86. The van der Waals surface area contributed by atoms with E-state index in [1.54, 1.807) is 7.11 Å². The zero-order chi connectivity index (χ0) is 11.4. The third-order valence-corrected chi connectivity index (χ3v) is 3.30. The van der Waals surface area contributed by atoms with Gasteiger partial charge in [-0.25, -0.2) is 0 Å². The van der Waals surface area contributed by atoms with Gasteiger partial charge in [0.15, 0.2) is 0 Å². The van der Waals surface area contributed by atoms with Crippen molar-refractivity contribution >= 4 is 5.69 Å². The minimum absolute atomic E-state index is 0.463. The molecule has 88 valence electrons. The molecule has 0 radical (unpaired) electrons. The molecule has 1 aromatic carbocycles. The largest absolute Gasteiger partial charge is 0.383 e. The molecule has 1 aliphatic heterocycles. The van der Waals surface area contributed by atoms with Crippen LogP contribution in [0.1, 0.15) is 12.0 Å². The van der Waals surface area contributed by atoms with Crippen LogP contribution in [0.5, 0.6) is 0 Å². The average Bonchev–Trinajstić information content (AvgIpc) is 2.35. The highest BCUT2D eigenvalue weighted by Crippen LogP contribution is 2.29. The number of nitrogens with two attached hydrogens (primary N) is 1. The van der Waals surface area contributed by atoms with Crippen LogP contribution in [0.3, 0.4) is 0 Å². The molecule has 1 aliphatic rings. The quantitative estimate of drug-likeness (QED) is 0.834. The number of anilines is 1. The molecule has 3 heteroatoms. The summed E-state index contributed by atoms with van der Waals surface area (Å²) >= 11 is 0. The molecule has 1 aromatic rings. The molecule has 0 bridgehead atoms. The number of hydrogen-bond donors (Lipinski definition) is 1. The Labute approximate surface area is 97.2 Å². The Morgan fingerprint density at radius 1 is 1.44 bits per heavy atom. The van der Waals surface area contributed by atoms with E-state index < -0.39 is 0 Å². The van der Waals surface area contributed by atoms with Gasteiger partial charge in [0.25, 0.3) is 0 Å². The predicted octanol–water partition coefficient (Wildman–Crippen LogP) is 1.41. The van der Waals surface area contributed by atoms with E-state index in [2.05, 4.69) is 29.2 Å². The molecule has 0 aliphatic carbocycles. The predicted molar refractivity (Wildman–Crippen MR) is 66.8 cm³/mol. The Hall–Kier alpha value is -1.06. The van der Waals surface area contributed by atoms with E-state index in [4.69, 9.17) is 10.5 Å². The standard InChI is InChI=1S/C13H20N2O/c1-16-9-8-15-12(10-14)7-6-11-4-2-3-5-13(11)15/h2-5,12H,6-10,14H2,1H3. The summed E-state index contributed by atoms with van der Waals surface area (Å²) in [5.41, 5.74) is 8.61. The first-order valence-corrected chi connectivity index (χ1v) is 5.90. The maximum atomic E-state index is 5.84. The van der Waals surface area contributed by atoms with Gasteiger partial charge in [0.05, 0.1) is 6.61 Å². The summed E-state index contributed by atoms with van der Waals surface area (Å²) in [6, 6.07) is 9.06. The van der Waals surface area contributed by atoms with Gasteiger partial charge in [0.1, 0.15) is 0 Å². The van der Waals surface area contributed by atoms with Gasteiger partial charge in [-0.3, -0.25) is 0 Å². The lowest BCUT2D eigenvalue weighted by molar-refractivity contribution is 0.202. The van der Waals surface area contributed by atoms with Gasteiger partial charge in [0.2, 0.25) is 0 Å². The third kappa shape index (κ3) is 2.20. The molecule has 1 atom stereocenters. The molecule has 0 aromatic heterocycles. The molecule has 0 saturated carbocycles. The summed E-state index contributed by atoms with van der Waals surface area (Å²) < 4.78 is 5.17. The van der Waals surface area contributed by atoms with Gasteiger partial charge >= 0.3 is 0 Å². The number of methoxy groups -OCH3 is 1. The number of benzene rings is 1. The van der Waals surface area contributed by atoms with Crippen molar-refractivity contribution in [2.45, 2.75) is 18.9 Å². The topological polar surface area (TPSA) is 38.5 Å². The van der Waals surface area contributed by atoms with Gasteiger partial charge in [-0.05, 0) is 24.5 Å². The molecule has 1 heterocycles. The van der Waals surface area contributed by atoms with Crippen molar-refractivity contribution < 1.29 is 4.74 Å². The third-order valence-electron chi connectivity index (χ3n) is 3.30. The van der Waals surface area contributed by atoms with E-state index in [-0.39, 0.29) is 0 Å². The summed E-state index contributed by atoms with van der Waals surface area (Å²) in [6.07, 6.45) is 2.29. The normalized spacial score (nSPS) is 19.6. The maximum Gasteiger partial charge on any atom is 0.0637 e. The second kappa shape index (κ2) is 5.32. The lowest BCUT2D eigenvalue weighted by atomic mass is 9.96. The van der Waals surface area contributed by atoms with Crippen molar-refractivity contribution in [1.29, 1.82) is 0 Å². The smallest absolute Gasteiger partial charge is 0.0637 e. The van der Waals surface area contributed by atoms with Gasteiger partial charge in [-0.1, -0.05) is 18.2 Å². The Balaban J connectivity index is 2.22. The fraction of sp³-hybridized carbons (Fsp3) is 0.538. The van der Waals surface area contributed by atoms with Gasteiger partial charge < -0.3 is 15.4 Å². The molecular weight excluding hydrogens is 200 g/mol. The van der Waals surface area contributed by atoms with Gasteiger partial charge in [0, 0.05) is 31.9 Å². The van der Waals surface area contributed by atoms with Crippen LogP contribution in [0, 0.1) is 0 Å². The van der Waals surface area contributed by atoms with E-state index in [0.717, 1.165) is 32.5 Å². The molecule has 0 amide bonds. The van der Waals surface area contributed by atoms with E-state index in [1.165, 1.54) is 11.3 Å². The Kier molecular flexibility index (Phi) is 3.80. The lowest BCUT2D eigenvalue weighted by Gasteiger charge is -2.38. The van der Waals surface area contributed by atoms with Crippen LogP contribution in [0.15, 0.2) is 24.3 Å². The van der Waals surface area contributed by atoms with Gasteiger partial charge in [-0.2, -0.15) is 0 Å². The number of nitrogens with zero attached hydrogens (tertiary/aromatic N) is 1. The van der Waals surface area contributed by atoms with Crippen molar-refractivity contribution in [3.05, 3.63) is 29.8 Å². The summed E-state index contributed by atoms with van der Waals surface area (Å²) in [5, 5.41) is 0. The highest BCUT2D eigenvalue weighted by Gasteiger charge is 2.24. The van der Waals surface area contributed by atoms with E-state index in [0.29, 0.717) is 6.04 Å². The Morgan fingerprint density at radius 3 is 3.00 bits per heavy atom. The fourth-order valence-electron chi connectivity index (χ4n) is 2.41. The minimum atomic E-state index is 0.463. The van der Waals surface area contributed by atoms with E-state index in [9.17, 15) is 0 Å². The Morgan fingerprint density at radius 2 is 2.25 bits per heavy atom. The van der Waals surface area contributed by atoms with E-state index in [1.807, 2.05) is 0 Å². The monoisotopic (exact) mass is 220 g/mol. The molecule has 2 N–H and O–H groups in total. The number of ether oxygens (including phenoxy) is 1. The highest BCUT2D eigenvalue weighted by atomic mass is 16.5. The van der Waals surface area contributed by atoms with E-state index >= 15 is 0 Å². The number of para-hydroxylation sites is 1. The van der Waals surface area contributed by atoms with Crippen LogP contribution in [-0.4, -0.2) is 32.8 Å². The molecule has 1 unspecified atom stereocenters. The zero-order valence-corrected chi connectivity index (χ0v) is 9.86. The first kappa shape index (κ1) is 11.4. The van der Waals surface area contributed by atoms with Crippen molar-refractivity contribution in [1.82, 2.24) is 0 Å². The summed E-state index contributed by atoms with van der Waals surface area (Å²) in [6.45, 7) is 2.40. The van der Waals surface area contributed by atoms with Crippen molar-refractivity contribution in [2.75, 3.05) is 31.7 Å². The van der Waals surface area contributed by atoms with Crippen molar-refractivity contribution in [3.63, 3.8) is 0 Å². The van der Waals surface area contributed by atoms with Crippen LogP contribution in [0.25, 0.3) is 0 Å². The molecule has 0 spiro atoms. The van der Waals surface area contributed by atoms with Crippen molar-refractivity contribution in [3.8, 4) is 0 Å². The summed E-state index contributed by atoms with van der Waals surface area (Å²) in [4.78, 5) is 2.39. The summed E-state index contributed by atoms with van der Waals surface area (Å²) in [5.74, 6) is 0. The molecule has 3 nitrogen and oxygen atoms in total. The Bertz CT molecular complexity index is 340. The maximum absolute atomic E-state index is 5.84. The number of hydrogen-bond acceptors (Lipinski definition) is 3. The lowest BCUT2D eigenvalue weighted by Crippen LogP contribution is -2.45. The second-order valence-electron chi connectivity index (χ2n) is 4.24.